The van der Waals surface area contributed by atoms with Gasteiger partial charge in [-0.05, 0) is 32.6 Å². The molecule has 1 saturated heterocycles. The third-order valence-corrected chi connectivity index (χ3v) is 2.78. The number of rotatable bonds is 1. The fourth-order valence-electron chi connectivity index (χ4n) is 1.97. The van der Waals surface area contributed by atoms with E-state index in [1.54, 1.807) is 4.90 Å². The van der Waals surface area contributed by atoms with E-state index in [2.05, 4.69) is 13.8 Å². The van der Waals surface area contributed by atoms with E-state index in [1.165, 1.54) is 6.92 Å². The zero-order valence-electron chi connectivity index (χ0n) is 8.66. The van der Waals surface area contributed by atoms with E-state index in [0.717, 1.165) is 19.4 Å². The quantitative estimate of drug-likeness (QED) is 0.662. The van der Waals surface area contributed by atoms with Crippen LogP contribution in [0, 0.1) is 5.92 Å². The molecule has 0 spiro atoms. The number of amides is 1. The molecule has 1 rings (SSSR count). The smallest absolute Gasteiger partial charge is 0.251 e. The third kappa shape index (κ3) is 2.44. The van der Waals surface area contributed by atoms with Gasteiger partial charge in [0.05, 0.1) is 0 Å². The van der Waals surface area contributed by atoms with Crippen molar-refractivity contribution in [1.29, 1.82) is 0 Å². The molecule has 1 amide bonds. The van der Waals surface area contributed by atoms with Crippen molar-refractivity contribution in [2.24, 2.45) is 5.92 Å². The lowest BCUT2D eigenvalue weighted by atomic mass is 9.93. The van der Waals surface area contributed by atoms with Gasteiger partial charge in [0, 0.05) is 12.6 Å². The Morgan fingerprint density at radius 1 is 1.54 bits per heavy atom. The number of carbonyl (C=O) groups excluding carboxylic acids is 1. The fourth-order valence-corrected chi connectivity index (χ4v) is 1.97. The first-order valence-electron chi connectivity index (χ1n) is 5.01. The van der Waals surface area contributed by atoms with E-state index in [-0.39, 0.29) is 11.9 Å². The van der Waals surface area contributed by atoms with E-state index in [4.69, 9.17) is 5.11 Å². The highest BCUT2D eigenvalue weighted by Crippen LogP contribution is 2.22. The number of carbonyl (C=O) groups is 1. The SMILES string of the molecule is C[C@H]1CCN(C(=O)[C@@H](C)O)[C@@H](C)C1. The van der Waals surface area contributed by atoms with Crippen molar-refractivity contribution in [2.45, 2.75) is 45.8 Å². The molecule has 1 aliphatic rings. The van der Waals surface area contributed by atoms with E-state index in [9.17, 15) is 4.79 Å². The molecule has 0 aromatic carbocycles. The Labute approximate surface area is 79.7 Å². The first-order chi connectivity index (χ1) is 6.02. The van der Waals surface area contributed by atoms with Crippen LogP contribution in [0.3, 0.4) is 0 Å². The molecular weight excluding hydrogens is 166 g/mol. The predicted octanol–water partition coefficient (Wildman–Crippen LogP) is 1.01. The Hall–Kier alpha value is -0.570. The lowest BCUT2D eigenvalue weighted by molar-refractivity contribution is -0.143. The van der Waals surface area contributed by atoms with Crippen LogP contribution in [0.25, 0.3) is 0 Å². The number of nitrogens with zero attached hydrogens (tertiary/aromatic N) is 1. The summed E-state index contributed by atoms with van der Waals surface area (Å²) in [5.74, 6) is 0.576. The van der Waals surface area contributed by atoms with Crippen molar-refractivity contribution in [2.75, 3.05) is 6.54 Å². The number of piperidine rings is 1. The van der Waals surface area contributed by atoms with Gasteiger partial charge in [0.25, 0.3) is 5.91 Å². The second-order valence-electron chi connectivity index (χ2n) is 4.19. The standard InChI is InChI=1S/C10H19NO2/c1-7-4-5-11(8(2)6-7)10(13)9(3)12/h7-9,12H,4-6H2,1-3H3/t7-,8-,9+/m0/s1. The zero-order chi connectivity index (χ0) is 10.0. The summed E-state index contributed by atoms with van der Waals surface area (Å²) in [5.41, 5.74) is 0. The second kappa shape index (κ2) is 4.09. The molecule has 0 radical (unpaired) electrons. The molecule has 3 heteroatoms. The van der Waals surface area contributed by atoms with Crippen LogP contribution in [-0.4, -0.2) is 34.6 Å². The Morgan fingerprint density at radius 2 is 2.15 bits per heavy atom. The number of hydrogen-bond donors (Lipinski definition) is 1. The van der Waals surface area contributed by atoms with Crippen molar-refractivity contribution >= 4 is 5.91 Å². The first-order valence-corrected chi connectivity index (χ1v) is 5.01. The normalized spacial score (nSPS) is 31.5. The molecule has 3 atom stereocenters. The molecule has 0 aliphatic carbocycles. The van der Waals surface area contributed by atoms with Crippen molar-refractivity contribution in [1.82, 2.24) is 4.90 Å². The molecule has 1 N–H and O–H groups in total. The molecule has 0 unspecified atom stereocenters. The fraction of sp³-hybridized carbons (Fsp3) is 0.900. The highest BCUT2D eigenvalue weighted by molar-refractivity contribution is 5.80. The molecule has 13 heavy (non-hydrogen) atoms. The Bertz CT molecular complexity index is 191. The van der Waals surface area contributed by atoms with E-state index in [0.29, 0.717) is 5.92 Å². The number of aliphatic hydroxyl groups excluding tert-OH is 1. The monoisotopic (exact) mass is 185 g/mol. The summed E-state index contributed by atoms with van der Waals surface area (Å²) in [7, 11) is 0. The molecule has 1 fully saturated rings. The molecule has 76 valence electrons. The summed E-state index contributed by atoms with van der Waals surface area (Å²) in [6.45, 7) is 6.59. The maximum atomic E-state index is 11.5. The van der Waals surface area contributed by atoms with Gasteiger partial charge in [-0.3, -0.25) is 4.79 Å². The number of likely N-dealkylation sites (tertiary alicyclic amines) is 1. The Balaban J connectivity index is 2.56. The van der Waals surface area contributed by atoms with Gasteiger partial charge in [0.2, 0.25) is 0 Å². The second-order valence-corrected chi connectivity index (χ2v) is 4.19. The van der Waals surface area contributed by atoms with Crippen LogP contribution in [0.5, 0.6) is 0 Å². The van der Waals surface area contributed by atoms with Crippen LogP contribution in [0.1, 0.15) is 33.6 Å². The van der Waals surface area contributed by atoms with Gasteiger partial charge in [0.1, 0.15) is 6.10 Å². The van der Waals surface area contributed by atoms with Gasteiger partial charge in [-0.15, -0.1) is 0 Å². The maximum absolute atomic E-state index is 11.5. The average Bonchev–Trinajstić information content (AvgIpc) is 2.03. The number of hydrogen-bond acceptors (Lipinski definition) is 2. The van der Waals surface area contributed by atoms with Crippen LogP contribution >= 0.6 is 0 Å². The Morgan fingerprint density at radius 3 is 2.62 bits per heavy atom. The maximum Gasteiger partial charge on any atom is 0.251 e. The van der Waals surface area contributed by atoms with E-state index in [1.807, 2.05) is 0 Å². The average molecular weight is 185 g/mol. The van der Waals surface area contributed by atoms with Gasteiger partial charge in [0.15, 0.2) is 0 Å². The summed E-state index contributed by atoms with van der Waals surface area (Å²) in [5, 5.41) is 9.17. The zero-order valence-corrected chi connectivity index (χ0v) is 8.66. The summed E-state index contributed by atoms with van der Waals surface area (Å²) < 4.78 is 0. The predicted molar refractivity (Wildman–Crippen MR) is 51.3 cm³/mol. The van der Waals surface area contributed by atoms with Crippen LogP contribution in [0.4, 0.5) is 0 Å². The molecule has 3 nitrogen and oxygen atoms in total. The summed E-state index contributed by atoms with van der Waals surface area (Å²) in [6.07, 6.45) is 1.26. The summed E-state index contributed by atoms with van der Waals surface area (Å²) in [6, 6.07) is 0.283. The highest BCUT2D eigenvalue weighted by atomic mass is 16.3. The van der Waals surface area contributed by atoms with Crippen molar-refractivity contribution in [3.8, 4) is 0 Å². The lowest BCUT2D eigenvalue weighted by Crippen LogP contribution is -2.47. The van der Waals surface area contributed by atoms with Gasteiger partial charge in [-0.25, -0.2) is 0 Å². The molecule has 1 aliphatic heterocycles. The van der Waals surface area contributed by atoms with Crippen molar-refractivity contribution < 1.29 is 9.90 Å². The summed E-state index contributed by atoms with van der Waals surface area (Å²) in [4.78, 5) is 13.3. The molecule has 0 bridgehead atoms. The Kier molecular flexibility index (Phi) is 3.31. The lowest BCUT2D eigenvalue weighted by Gasteiger charge is -2.37. The van der Waals surface area contributed by atoms with Crippen LogP contribution in [-0.2, 0) is 4.79 Å². The molecule has 0 aromatic rings. The molecule has 1 heterocycles. The van der Waals surface area contributed by atoms with Crippen LogP contribution < -0.4 is 0 Å². The van der Waals surface area contributed by atoms with E-state index < -0.39 is 6.10 Å². The molecule has 0 aromatic heterocycles. The summed E-state index contributed by atoms with van der Waals surface area (Å²) >= 11 is 0. The van der Waals surface area contributed by atoms with Gasteiger partial charge in [-0.2, -0.15) is 0 Å². The minimum atomic E-state index is -0.851. The minimum absolute atomic E-state index is 0.126. The van der Waals surface area contributed by atoms with Crippen LogP contribution in [0.15, 0.2) is 0 Å². The third-order valence-electron chi connectivity index (χ3n) is 2.78. The topological polar surface area (TPSA) is 40.5 Å². The molecule has 0 saturated carbocycles. The van der Waals surface area contributed by atoms with Gasteiger partial charge >= 0.3 is 0 Å². The minimum Gasteiger partial charge on any atom is -0.384 e. The van der Waals surface area contributed by atoms with Crippen molar-refractivity contribution in [3.63, 3.8) is 0 Å². The first kappa shape index (κ1) is 10.5. The largest absolute Gasteiger partial charge is 0.384 e. The van der Waals surface area contributed by atoms with Crippen molar-refractivity contribution in [3.05, 3.63) is 0 Å². The molecular formula is C10H19NO2. The van der Waals surface area contributed by atoms with Gasteiger partial charge in [-0.1, -0.05) is 6.92 Å². The van der Waals surface area contributed by atoms with Crippen LogP contribution in [0.2, 0.25) is 0 Å². The van der Waals surface area contributed by atoms with Gasteiger partial charge < -0.3 is 10.0 Å². The van der Waals surface area contributed by atoms with E-state index >= 15 is 0 Å². The number of aliphatic hydroxyl groups is 1. The highest BCUT2D eigenvalue weighted by Gasteiger charge is 2.28.